The fraction of sp³-hybridized carbons (Fsp3) is 0.500. The molecule has 3 fully saturated rings. The van der Waals surface area contributed by atoms with Gasteiger partial charge < -0.3 is 24.8 Å². The highest BCUT2D eigenvalue weighted by Gasteiger charge is 2.29. The molecule has 0 bridgehead atoms. The molecule has 1 saturated carbocycles. The monoisotopic (exact) mass is 584 g/mol. The van der Waals surface area contributed by atoms with E-state index in [0.29, 0.717) is 60.0 Å². The van der Waals surface area contributed by atoms with Crippen molar-refractivity contribution in [3.05, 3.63) is 52.9 Å². The van der Waals surface area contributed by atoms with Gasteiger partial charge >= 0.3 is 0 Å². The largest absolute Gasteiger partial charge is 0.495 e. The third kappa shape index (κ3) is 7.76. The van der Waals surface area contributed by atoms with Crippen LogP contribution in [-0.2, 0) is 9.47 Å². The third-order valence-electron chi connectivity index (χ3n) is 6.69. The molecule has 3 aliphatic heterocycles. The number of rotatable bonds is 4. The Morgan fingerprint density at radius 2 is 2.00 bits per heavy atom. The molecular formula is C30H37ClN4O4S. The minimum absolute atomic E-state index is 0.0920. The van der Waals surface area contributed by atoms with Gasteiger partial charge in [0.25, 0.3) is 5.91 Å². The van der Waals surface area contributed by atoms with E-state index < -0.39 is 11.1 Å². The van der Waals surface area contributed by atoms with Crippen LogP contribution in [0.4, 0.5) is 0 Å². The van der Waals surface area contributed by atoms with Crippen LogP contribution in [0.5, 0.6) is 0 Å². The quantitative estimate of drug-likeness (QED) is 0.242. The van der Waals surface area contributed by atoms with Gasteiger partial charge in [-0.1, -0.05) is 60.9 Å². The van der Waals surface area contributed by atoms with Gasteiger partial charge in [0.1, 0.15) is 27.7 Å². The lowest BCUT2D eigenvalue weighted by atomic mass is 9.92. The summed E-state index contributed by atoms with van der Waals surface area (Å²) in [5.74, 6) is 13.4. The first-order valence-electron chi connectivity index (χ1n) is 13.6. The molecule has 3 unspecified atom stereocenters. The van der Waals surface area contributed by atoms with Crippen molar-refractivity contribution >= 4 is 34.8 Å². The maximum absolute atomic E-state index is 13.5. The zero-order valence-corrected chi connectivity index (χ0v) is 24.9. The highest BCUT2D eigenvalue weighted by Crippen LogP contribution is 2.33. The molecule has 1 aromatic carbocycles. The SMILES string of the molecule is CC.COC1=CN(C)C(Cl)C=C1c1cc(C#CC2(O)CCOCC2)ccc1C(=O)NC1NNC(C#CC2CC2)S1. The Labute approximate surface area is 246 Å². The van der Waals surface area contributed by atoms with E-state index in [0.717, 1.165) is 0 Å². The van der Waals surface area contributed by atoms with Crippen LogP contribution in [0.3, 0.4) is 0 Å². The van der Waals surface area contributed by atoms with Crippen LogP contribution in [0.2, 0.25) is 0 Å². The first-order valence-corrected chi connectivity index (χ1v) is 15.0. The number of allylic oxidation sites excluding steroid dienone is 1. The lowest BCUT2D eigenvalue weighted by Gasteiger charge is -2.27. The fourth-order valence-corrected chi connectivity index (χ4v) is 5.27. The molecule has 4 aliphatic rings. The van der Waals surface area contributed by atoms with Gasteiger partial charge in [-0.15, -0.1) is 0 Å². The van der Waals surface area contributed by atoms with Gasteiger partial charge in [-0.05, 0) is 42.7 Å². The summed E-state index contributed by atoms with van der Waals surface area (Å²) in [6.07, 6.45) is 6.91. The Hall–Kier alpha value is -2.63. The average molecular weight is 585 g/mol. The Kier molecular flexibility index (Phi) is 10.5. The summed E-state index contributed by atoms with van der Waals surface area (Å²) in [6, 6.07) is 5.38. The molecule has 3 heterocycles. The van der Waals surface area contributed by atoms with Crippen molar-refractivity contribution in [1.82, 2.24) is 21.1 Å². The number of benzene rings is 1. The summed E-state index contributed by atoms with van der Waals surface area (Å²) in [5.41, 5.74) is 6.83. The topological polar surface area (TPSA) is 95.1 Å². The number of hydrazine groups is 1. The van der Waals surface area contributed by atoms with Crippen molar-refractivity contribution in [2.24, 2.45) is 5.92 Å². The Morgan fingerprint density at radius 1 is 1.25 bits per heavy atom. The van der Waals surface area contributed by atoms with Crippen molar-refractivity contribution in [2.45, 2.75) is 61.5 Å². The Morgan fingerprint density at radius 3 is 2.70 bits per heavy atom. The number of hydrogen-bond donors (Lipinski definition) is 4. The summed E-state index contributed by atoms with van der Waals surface area (Å²) in [6.45, 7) is 4.95. The number of halogens is 1. The van der Waals surface area contributed by atoms with Crippen molar-refractivity contribution in [2.75, 3.05) is 27.4 Å². The highest BCUT2D eigenvalue weighted by molar-refractivity contribution is 8.00. The van der Waals surface area contributed by atoms with Gasteiger partial charge in [-0.2, -0.15) is 0 Å². The predicted octanol–water partition coefficient (Wildman–Crippen LogP) is 3.58. The van der Waals surface area contributed by atoms with Crippen LogP contribution in [0.1, 0.15) is 61.0 Å². The molecule has 3 atom stereocenters. The minimum atomic E-state index is -1.09. The number of likely N-dealkylation sites (N-methyl/N-ethyl adjacent to an activating group) is 1. The molecule has 5 rings (SSSR count). The molecule has 2 saturated heterocycles. The van der Waals surface area contributed by atoms with E-state index in [1.54, 1.807) is 25.4 Å². The smallest absolute Gasteiger partial charge is 0.253 e. The van der Waals surface area contributed by atoms with E-state index in [1.807, 2.05) is 37.9 Å². The number of methoxy groups -OCH3 is 1. The maximum Gasteiger partial charge on any atom is 0.253 e. The van der Waals surface area contributed by atoms with Crippen LogP contribution in [0.15, 0.2) is 36.2 Å². The standard InChI is InChI=1S/C28H31ClN4O4S.C2H6/c1-33-17-23(36-2)22(16-24(33)29)21-15-19(9-10-28(35)11-13-37-14-12-28)5-7-20(21)26(34)30-27-32-31-25(38-27)8-6-18-3-4-18;1-2/h5,7,15-18,24-25,27,31-32,35H,3-4,11-14H2,1-2H3,(H,30,34);1-2H3. The number of nitrogens with zero attached hydrogens (tertiary/aromatic N) is 1. The van der Waals surface area contributed by atoms with Gasteiger partial charge in [0.2, 0.25) is 0 Å². The number of carbonyl (C=O) groups is 1. The van der Waals surface area contributed by atoms with E-state index in [4.69, 9.17) is 21.1 Å². The first-order chi connectivity index (χ1) is 19.3. The minimum Gasteiger partial charge on any atom is -0.495 e. The van der Waals surface area contributed by atoms with Gasteiger partial charge in [0.15, 0.2) is 0 Å². The van der Waals surface area contributed by atoms with E-state index in [1.165, 1.54) is 24.6 Å². The molecule has 8 nitrogen and oxygen atoms in total. The predicted molar refractivity (Wildman–Crippen MR) is 160 cm³/mol. The Balaban J connectivity index is 0.00000181. The molecule has 1 aliphatic carbocycles. The normalized spacial score (nSPS) is 25.1. The number of nitrogens with one attached hydrogen (secondary N) is 3. The zero-order chi connectivity index (χ0) is 28.7. The van der Waals surface area contributed by atoms with Crippen LogP contribution >= 0.6 is 23.4 Å². The van der Waals surface area contributed by atoms with Crippen LogP contribution in [0, 0.1) is 29.6 Å². The average Bonchev–Trinajstić information content (AvgIpc) is 3.70. The lowest BCUT2D eigenvalue weighted by Crippen LogP contribution is -2.43. The lowest BCUT2D eigenvalue weighted by molar-refractivity contribution is -0.0262. The molecule has 4 N–H and O–H groups in total. The number of amides is 1. The van der Waals surface area contributed by atoms with Gasteiger partial charge in [-0.25, -0.2) is 10.9 Å². The number of carbonyl (C=O) groups excluding carboxylic acids is 1. The van der Waals surface area contributed by atoms with Crippen molar-refractivity contribution < 1.29 is 19.4 Å². The van der Waals surface area contributed by atoms with E-state index in [-0.39, 0.29) is 16.8 Å². The maximum atomic E-state index is 13.5. The second-order valence-corrected chi connectivity index (χ2v) is 11.4. The zero-order valence-electron chi connectivity index (χ0n) is 23.3. The first kappa shape index (κ1) is 30.3. The summed E-state index contributed by atoms with van der Waals surface area (Å²) in [4.78, 5) is 15.3. The van der Waals surface area contributed by atoms with Crippen LogP contribution in [-0.4, -0.2) is 65.3 Å². The number of ether oxygens (including phenoxy) is 2. The summed E-state index contributed by atoms with van der Waals surface area (Å²) in [7, 11) is 3.44. The Bertz CT molecular complexity index is 1270. The number of aliphatic hydroxyl groups is 1. The number of alkyl halides is 1. The molecule has 1 amide bonds. The van der Waals surface area contributed by atoms with Gasteiger partial charge in [0, 0.05) is 48.7 Å². The van der Waals surface area contributed by atoms with Crippen LogP contribution < -0.4 is 16.2 Å². The van der Waals surface area contributed by atoms with Crippen LogP contribution in [0.25, 0.3) is 5.57 Å². The molecule has 40 heavy (non-hydrogen) atoms. The number of hydrogen-bond acceptors (Lipinski definition) is 8. The summed E-state index contributed by atoms with van der Waals surface area (Å²) >= 11 is 8.05. The van der Waals surface area contributed by atoms with Gasteiger partial charge in [0.05, 0.1) is 20.3 Å². The summed E-state index contributed by atoms with van der Waals surface area (Å²) < 4.78 is 11.0. The molecule has 0 spiro atoms. The molecular weight excluding hydrogens is 548 g/mol. The van der Waals surface area contributed by atoms with Gasteiger partial charge in [-0.3, -0.25) is 4.79 Å². The second kappa shape index (κ2) is 13.8. The molecule has 10 heteroatoms. The van der Waals surface area contributed by atoms with E-state index in [2.05, 4.69) is 39.9 Å². The van der Waals surface area contributed by atoms with Crippen molar-refractivity contribution in [3.8, 4) is 23.7 Å². The van der Waals surface area contributed by atoms with Crippen molar-refractivity contribution in [1.29, 1.82) is 0 Å². The fourth-order valence-electron chi connectivity index (χ4n) is 4.23. The third-order valence-corrected chi connectivity index (χ3v) is 8.14. The second-order valence-electron chi connectivity index (χ2n) is 9.69. The van der Waals surface area contributed by atoms with Crippen molar-refractivity contribution in [3.63, 3.8) is 0 Å². The molecule has 0 aromatic heterocycles. The van der Waals surface area contributed by atoms with E-state index >= 15 is 0 Å². The molecule has 1 aromatic rings. The summed E-state index contributed by atoms with van der Waals surface area (Å²) in [5, 5.41) is 13.7. The highest BCUT2D eigenvalue weighted by atomic mass is 35.5. The molecule has 214 valence electrons. The number of thioether (sulfide) groups is 1. The van der Waals surface area contributed by atoms with E-state index in [9.17, 15) is 9.90 Å². The molecule has 0 radical (unpaired) electrons.